The Morgan fingerprint density at radius 3 is 2.48 bits per heavy atom. The molecule has 154 valence electrons. The van der Waals surface area contributed by atoms with Gasteiger partial charge in [0.05, 0.1) is 31.3 Å². The smallest absolute Gasteiger partial charge is 0.219 e. The van der Waals surface area contributed by atoms with E-state index in [1.165, 1.54) is 5.56 Å². The minimum atomic E-state index is 0.160. The number of morpholine rings is 1. The van der Waals surface area contributed by atoms with Crippen molar-refractivity contribution in [2.24, 2.45) is 0 Å². The zero-order valence-corrected chi connectivity index (χ0v) is 17.1. The number of piperidine rings is 1. The summed E-state index contributed by atoms with van der Waals surface area (Å²) in [5, 5.41) is 3.31. The molecule has 2 aliphatic heterocycles. The summed E-state index contributed by atoms with van der Waals surface area (Å²) >= 11 is 0. The van der Waals surface area contributed by atoms with Crippen LogP contribution in [0.5, 0.6) is 0 Å². The Bertz CT molecular complexity index is 843. The molecular formula is C21H28N6O2. The summed E-state index contributed by atoms with van der Waals surface area (Å²) in [6.45, 7) is 8.28. The van der Waals surface area contributed by atoms with Crippen LogP contribution in [0.4, 0.5) is 17.5 Å². The number of amides is 1. The molecule has 0 radical (unpaired) electrons. The summed E-state index contributed by atoms with van der Waals surface area (Å²) in [6.07, 6.45) is 5.40. The molecule has 2 saturated heterocycles. The lowest BCUT2D eigenvalue weighted by molar-refractivity contribution is -0.129. The maximum absolute atomic E-state index is 11.7. The summed E-state index contributed by atoms with van der Waals surface area (Å²) in [4.78, 5) is 29.4. The van der Waals surface area contributed by atoms with Gasteiger partial charge < -0.3 is 19.9 Å². The number of pyridine rings is 1. The van der Waals surface area contributed by atoms with Crippen molar-refractivity contribution in [2.75, 3.05) is 49.6 Å². The number of hydrogen-bond acceptors (Lipinski definition) is 7. The van der Waals surface area contributed by atoms with E-state index in [-0.39, 0.29) is 5.91 Å². The van der Waals surface area contributed by atoms with Gasteiger partial charge in [-0.2, -0.15) is 0 Å². The van der Waals surface area contributed by atoms with E-state index in [1.807, 2.05) is 11.8 Å². The van der Waals surface area contributed by atoms with Crippen molar-refractivity contribution in [3.8, 4) is 0 Å². The lowest BCUT2D eigenvalue weighted by Gasteiger charge is -2.33. The zero-order valence-electron chi connectivity index (χ0n) is 17.1. The number of likely N-dealkylation sites (tertiary alicyclic amines) is 1. The Morgan fingerprint density at radius 1 is 1.07 bits per heavy atom. The quantitative estimate of drug-likeness (QED) is 0.850. The maximum atomic E-state index is 11.7. The molecule has 2 aromatic heterocycles. The highest BCUT2D eigenvalue weighted by Crippen LogP contribution is 2.32. The van der Waals surface area contributed by atoms with Crippen molar-refractivity contribution >= 4 is 23.4 Å². The molecule has 2 fully saturated rings. The molecular weight excluding hydrogens is 368 g/mol. The molecule has 2 aliphatic rings. The SMILES string of the molecule is CC(=O)N1CCC(c2cc(Nc3cnc(C)cn3)nc(N3CCOCC3)c2)CC1. The predicted molar refractivity (Wildman–Crippen MR) is 112 cm³/mol. The lowest BCUT2D eigenvalue weighted by atomic mass is 9.89. The summed E-state index contributed by atoms with van der Waals surface area (Å²) < 4.78 is 5.50. The second-order valence-corrected chi connectivity index (χ2v) is 7.69. The van der Waals surface area contributed by atoms with Gasteiger partial charge in [-0.05, 0) is 43.4 Å². The molecule has 0 bridgehead atoms. The van der Waals surface area contributed by atoms with E-state index < -0.39 is 0 Å². The second kappa shape index (κ2) is 8.73. The topological polar surface area (TPSA) is 83.5 Å². The summed E-state index contributed by atoms with van der Waals surface area (Å²) in [5.74, 6) is 2.99. The van der Waals surface area contributed by atoms with Crippen molar-refractivity contribution < 1.29 is 9.53 Å². The van der Waals surface area contributed by atoms with Gasteiger partial charge in [-0.3, -0.25) is 9.78 Å². The number of carbonyl (C=O) groups is 1. The van der Waals surface area contributed by atoms with Gasteiger partial charge in [0, 0.05) is 33.1 Å². The molecule has 0 saturated carbocycles. The van der Waals surface area contributed by atoms with Crippen LogP contribution in [-0.4, -0.2) is 65.2 Å². The van der Waals surface area contributed by atoms with Gasteiger partial charge in [0.2, 0.25) is 5.91 Å². The Balaban J connectivity index is 1.59. The summed E-state index contributed by atoms with van der Waals surface area (Å²) in [7, 11) is 0. The minimum Gasteiger partial charge on any atom is -0.378 e. The first-order valence-corrected chi connectivity index (χ1v) is 10.2. The molecule has 0 atom stereocenters. The van der Waals surface area contributed by atoms with Crippen LogP contribution in [-0.2, 0) is 9.53 Å². The third-order valence-corrected chi connectivity index (χ3v) is 5.62. The van der Waals surface area contributed by atoms with Gasteiger partial charge in [0.25, 0.3) is 0 Å². The minimum absolute atomic E-state index is 0.160. The normalized spacial score (nSPS) is 18.0. The van der Waals surface area contributed by atoms with E-state index in [2.05, 4.69) is 32.3 Å². The Hall–Kier alpha value is -2.74. The molecule has 4 heterocycles. The van der Waals surface area contributed by atoms with Gasteiger partial charge in [-0.15, -0.1) is 0 Å². The van der Waals surface area contributed by atoms with Crippen molar-refractivity contribution in [2.45, 2.75) is 32.6 Å². The van der Waals surface area contributed by atoms with Crippen LogP contribution in [0.25, 0.3) is 0 Å². The fourth-order valence-electron chi connectivity index (χ4n) is 3.91. The largest absolute Gasteiger partial charge is 0.378 e. The van der Waals surface area contributed by atoms with E-state index in [4.69, 9.17) is 9.72 Å². The number of hydrogen-bond donors (Lipinski definition) is 1. The molecule has 29 heavy (non-hydrogen) atoms. The Morgan fingerprint density at radius 2 is 1.83 bits per heavy atom. The van der Waals surface area contributed by atoms with Crippen LogP contribution in [0.1, 0.15) is 36.9 Å². The van der Waals surface area contributed by atoms with Crippen LogP contribution < -0.4 is 10.2 Å². The van der Waals surface area contributed by atoms with Gasteiger partial charge in [-0.1, -0.05) is 0 Å². The van der Waals surface area contributed by atoms with Crippen molar-refractivity contribution in [1.29, 1.82) is 0 Å². The molecule has 8 nitrogen and oxygen atoms in total. The molecule has 2 aromatic rings. The highest BCUT2D eigenvalue weighted by Gasteiger charge is 2.24. The fourth-order valence-corrected chi connectivity index (χ4v) is 3.91. The number of aromatic nitrogens is 3. The van der Waals surface area contributed by atoms with E-state index in [0.717, 1.165) is 69.6 Å². The second-order valence-electron chi connectivity index (χ2n) is 7.69. The average Bonchev–Trinajstić information content (AvgIpc) is 2.76. The molecule has 0 spiro atoms. The summed E-state index contributed by atoms with van der Waals surface area (Å²) in [6, 6.07) is 4.31. The van der Waals surface area contributed by atoms with Crippen LogP contribution in [0.2, 0.25) is 0 Å². The molecule has 8 heteroatoms. The van der Waals surface area contributed by atoms with Crippen molar-refractivity contribution in [1.82, 2.24) is 19.9 Å². The maximum Gasteiger partial charge on any atom is 0.219 e. The number of nitrogens with zero attached hydrogens (tertiary/aromatic N) is 5. The highest BCUT2D eigenvalue weighted by molar-refractivity contribution is 5.73. The van der Waals surface area contributed by atoms with E-state index in [0.29, 0.717) is 11.7 Å². The molecule has 4 rings (SSSR count). The van der Waals surface area contributed by atoms with E-state index >= 15 is 0 Å². The monoisotopic (exact) mass is 396 g/mol. The van der Waals surface area contributed by atoms with Crippen molar-refractivity contribution in [3.05, 3.63) is 35.8 Å². The van der Waals surface area contributed by atoms with Crippen LogP contribution >= 0.6 is 0 Å². The molecule has 0 unspecified atom stereocenters. The molecule has 0 aliphatic carbocycles. The predicted octanol–water partition coefficient (Wildman–Crippen LogP) is 2.49. The van der Waals surface area contributed by atoms with Crippen LogP contribution in [0, 0.1) is 6.92 Å². The number of nitrogens with one attached hydrogen (secondary N) is 1. The number of anilines is 3. The first kappa shape index (κ1) is 19.6. The Labute approximate surface area is 171 Å². The van der Waals surface area contributed by atoms with E-state index in [9.17, 15) is 4.79 Å². The highest BCUT2D eigenvalue weighted by atomic mass is 16.5. The molecule has 1 N–H and O–H groups in total. The third kappa shape index (κ3) is 4.82. The Kier molecular flexibility index (Phi) is 5.89. The number of rotatable bonds is 4. The zero-order chi connectivity index (χ0) is 20.2. The van der Waals surface area contributed by atoms with Crippen LogP contribution in [0.3, 0.4) is 0 Å². The number of aryl methyl sites for hydroxylation is 1. The van der Waals surface area contributed by atoms with Crippen molar-refractivity contribution in [3.63, 3.8) is 0 Å². The molecule has 1 amide bonds. The first-order valence-electron chi connectivity index (χ1n) is 10.2. The van der Waals surface area contributed by atoms with Crippen LogP contribution in [0.15, 0.2) is 24.5 Å². The standard InChI is InChI=1S/C21H28N6O2/c1-15-13-23-20(14-22-15)24-19-11-18(17-3-5-26(6-4-17)16(2)28)12-21(25-19)27-7-9-29-10-8-27/h11-14,17H,3-10H2,1-2H3,(H,23,24,25). The van der Waals surface area contributed by atoms with Gasteiger partial charge in [0.15, 0.2) is 0 Å². The fraction of sp³-hybridized carbons (Fsp3) is 0.524. The number of ether oxygens (including phenoxy) is 1. The van der Waals surface area contributed by atoms with Gasteiger partial charge in [-0.25, -0.2) is 9.97 Å². The lowest BCUT2D eigenvalue weighted by Crippen LogP contribution is -2.37. The number of carbonyl (C=O) groups excluding carboxylic acids is 1. The molecule has 0 aromatic carbocycles. The third-order valence-electron chi connectivity index (χ3n) is 5.62. The first-order chi connectivity index (χ1) is 14.1. The average molecular weight is 396 g/mol. The summed E-state index contributed by atoms with van der Waals surface area (Å²) in [5.41, 5.74) is 2.13. The van der Waals surface area contributed by atoms with Gasteiger partial charge in [0.1, 0.15) is 17.5 Å². The van der Waals surface area contributed by atoms with Gasteiger partial charge >= 0.3 is 0 Å². The van der Waals surface area contributed by atoms with E-state index in [1.54, 1.807) is 19.3 Å².